The molecule has 1 amide bonds. The minimum Gasteiger partial charge on any atom is -0.352 e. The van der Waals surface area contributed by atoms with Gasteiger partial charge in [0.1, 0.15) is 5.78 Å². The Kier molecular flexibility index (Phi) is 1.74. The van der Waals surface area contributed by atoms with E-state index in [0.29, 0.717) is 6.42 Å². The first kappa shape index (κ1) is 7.25. The Morgan fingerprint density at radius 3 is 2.60 bits per heavy atom. The summed E-state index contributed by atoms with van der Waals surface area (Å²) in [6.45, 7) is 3.31. The van der Waals surface area contributed by atoms with Gasteiger partial charge in [0.15, 0.2) is 0 Å². The highest BCUT2D eigenvalue weighted by molar-refractivity contribution is 5.90. The van der Waals surface area contributed by atoms with Gasteiger partial charge < -0.3 is 5.32 Å². The average molecular weight is 141 g/mol. The summed E-state index contributed by atoms with van der Waals surface area (Å²) in [5.74, 6) is 0.229. The van der Waals surface area contributed by atoms with Crippen molar-refractivity contribution < 1.29 is 9.59 Å². The van der Waals surface area contributed by atoms with Crippen LogP contribution in [0.1, 0.15) is 20.3 Å². The van der Waals surface area contributed by atoms with Gasteiger partial charge in [0.2, 0.25) is 5.91 Å². The van der Waals surface area contributed by atoms with Crippen molar-refractivity contribution >= 4 is 11.7 Å². The van der Waals surface area contributed by atoms with Crippen molar-refractivity contribution in [1.82, 2.24) is 5.32 Å². The van der Waals surface area contributed by atoms with Gasteiger partial charge in [-0.25, -0.2) is 0 Å². The van der Waals surface area contributed by atoms with E-state index in [0.717, 1.165) is 0 Å². The van der Waals surface area contributed by atoms with Crippen LogP contribution in [0.4, 0.5) is 0 Å². The number of carbonyl (C=O) groups excluding carboxylic acids is 2. The fraction of sp³-hybridized carbons (Fsp3) is 0.714. The second kappa shape index (κ2) is 2.40. The third kappa shape index (κ3) is 1.17. The van der Waals surface area contributed by atoms with Crippen LogP contribution in [0.25, 0.3) is 0 Å². The van der Waals surface area contributed by atoms with Gasteiger partial charge in [-0.1, -0.05) is 6.92 Å². The van der Waals surface area contributed by atoms with Gasteiger partial charge in [0, 0.05) is 25.3 Å². The number of carbonyl (C=O) groups is 2. The molecule has 1 N–H and O–H groups in total. The summed E-state index contributed by atoms with van der Waals surface area (Å²) < 4.78 is 0. The maximum absolute atomic E-state index is 10.7. The molecule has 0 spiro atoms. The van der Waals surface area contributed by atoms with Gasteiger partial charge >= 0.3 is 0 Å². The highest BCUT2D eigenvalue weighted by Gasteiger charge is 2.35. The first-order chi connectivity index (χ1) is 4.61. The van der Waals surface area contributed by atoms with Crippen LogP contribution in [0.3, 0.4) is 0 Å². The molecule has 1 rings (SSSR count). The maximum atomic E-state index is 10.7. The molecule has 0 aromatic rings. The number of Topliss-reactive ketones (excluding diaryl/α,β-unsaturated/α-hetero) is 1. The summed E-state index contributed by atoms with van der Waals surface area (Å²) >= 11 is 0. The predicted octanol–water partition coefficient (Wildman–Crippen LogP) is 0.100. The molecule has 10 heavy (non-hydrogen) atoms. The Labute approximate surface area is 59.8 Å². The summed E-state index contributed by atoms with van der Waals surface area (Å²) in [6, 6.07) is 0.102. The summed E-state index contributed by atoms with van der Waals surface area (Å²) in [6.07, 6.45) is 0.515. The molecule has 3 heteroatoms. The fourth-order valence-corrected chi connectivity index (χ4v) is 1.08. The van der Waals surface area contributed by atoms with Crippen LogP contribution < -0.4 is 5.32 Å². The molecule has 3 nitrogen and oxygen atoms in total. The van der Waals surface area contributed by atoms with Crippen LogP contribution >= 0.6 is 0 Å². The van der Waals surface area contributed by atoms with E-state index in [1.807, 2.05) is 6.92 Å². The fourth-order valence-electron chi connectivity index (χ4n) is 1.08. The topological polar surface area (TPSA) is 46.2 Å². The van der Waals surface area contributed by atoms with E-state index < -0.39 is 0 Å². The summed E-state index contributed by atoms with van der Waals surface area (Å²) in [5.41, 5.74) is 0. The molecule has 0 aromatic heterocycles. The number of rotatable bonds is 1. The summed E-state index contributed by atoms with van der Waals surface area (Å²) in [7, 11) is 0. The minimum atomic E-state index is -0.0515. The second-order valence-electron chi connectivity index (χ2n) is 2.77. The van der Waals surface area contributed by atoms with Gasteiger partial charge in [-0.2, -0.15) is 0 Å². The van der Waals surface area contributed by atoms with Crippen molar-refractivity contribution in [3.8, 4) is 0 Å². The number of nitrogens with one attached hydrogen (secondary N) is 1. The molecule has 1 saturated carbocycles. The van der Waals surface area contributed by atoms with Crippen molar-refractivity contribution in [2.45, 2.75) is 26.3 Å². The zero-order chi connectivity index (χ0) is 7.72. The van der Waals surface area contributed by atoms with Crippen LogP contribution in [-0.4, -0.2) is 17.7 Å². The Morgan fingerprint density at radius 2 is 2.30 bits per heavy atom. The number of hydrogen-bond donors (Lipinski definition) is 1. The highest BCUT2D eigenvalue weighted by atomic mass is 16.2. The first-order valence-electron chi connectivity index (χ1n) is 3.41. The predicted molar refractivity (Wildman–Crippen MR) is 36.4 cm³/mol. The lowest BCUT2D eigenvalue weighted by Gasteiger charge is -2.32. The lowest BCUT2D eigenvalue weighted by Crippen LogP contribution is -2.51. The zero-order valence-electron chi connectivity index (χ0n) is 6.18. The monoisotopic (exact) mass is 141 g/mol. The van der Waals surface area contributed by atoms with E-state index in [1.165, 1.54) is 6.92 Å². The molecule has 0 bridgehead atoms. The lowest BCUT2D eigenvalue weighted by atomic mass is 9.79. The van der Waals surface area contributed by atoms with Gasteiger partial charge in [-0.3, -0.25) is 9.59 Å². The lowest BCUT2D eigenvalue weighted by molar-refractivity contribution is -0.132. The van der Waals surface area contributed by atoms with Crippen LogP contribution in [0.2, 0.25) is 0 Å². The SMILES string of the molecule is CC(=O)NC1CC(=O)C1C. The summed E-state index contributed by atoms with van der Waals surface area (Å²) in [4.78, 5) is 21.1. The molecule has 0 aromatic carbocycles. The summed E-state index contributed by atoms with van der Waals surface area (Å²) in [5, 5.41) is 2.70. The van der Waals surface area contributed by atoms with Crippen molar-refractivity contribution in [1.29, 1.82) is 0 Å². The second-order valence-corrected chi connectivity index (χ2v) is 2.77. The Balaban J connectivity index is 2.34. The molecule has 0 aliphatic heterocycles. The van der Waals surface area contributed by atoms with E-state index in [4.69, 9.17) is 0 Å². The molecule has 2 unspecified atom stereocenters. The molecular weight excluding hydrogens is 130 g/mol. The third-order valence-corrected chi connectivity index (χ3v) is 1.92. The molecule has 2 atom stereocenters. The molecule has 0 heterocycles. The number of hydrogen-bond acceptors (Lipinski definition) is 2. The van der Waals surface area contributed by atoms with Crippen molar-refractivity contribution in [2.75, 3.05) is 0 Å². The molecule has 0 radical (unpaired) electrons. The minimum absolute atomic E-state index is 0.0314. The normalized spacial score (nSPS) is 31.2. The van der Waals surface area contributed by atoms with Gasteiger partial charge in [0.25, 0.3) is 0 Å². The standard InChI is InChI=1S/C7H11NO2/c1-4-6(3-7(4)10)8-5(2)9/h4,6H,3H2,1-2H3,(H,8,9). The van der Waals surface area contributed by atoms with Gasteiger partial charge in [-0.05, 0) is 0 Å². The number of amides is 1. The smallest absolute Gasteiger partial charge is 0.217 e. The largest absolute Gasteiger partial charge is 0.352 e. The number of ketones is 1. The maximum Gasteiger partial charge on any atom is 0.217 e. The van der Waals surface area contributed by atoms with E-state index in [9.17, 15) is 9.59 Å². The Hall–Kier alpha value is -0.860. The van der Waals surface area contributed by atoms with Gasteiger partial charge in [0.05, 0.1) is 0 Å². The van der Waals surface area contributed by atoms with Crippen molar-refractivity contribution in [2.24, 2.45) is 5.92 Å². The van der Waals surface area contributed by atoms with Crippen molar-refractivity contribution in [3.63, 3.8) is 0 Å². The molecule has 1 fully saturated rings. The molecule has 56 valence electrons. The molecule has 1 aliphatic rings. The van der Waals surface area contributed by atoms with Crippen molar-refractivity contribution in [3.05, 3.63) is 0 Å². The Bertz CT molecular complexity index is 176. The average Bonchev–Trinajstić information content (AvgIpc) is 1.86. The van der Waals surface area contributed by atoms with E-state index in [2.05, 4.69) is 5.32 Å². The Morgan fingerprint density at radius 1 is 1.70 bits per heavy atom. The van der Waals surface area contributed by atoms with E-state index in [1.54, 1.807) is 0 Å². The van der Waals surface area contributed by atoms with Crippen LogP contribution in [-0.2, 0) is 9.59 Å². The zero-order valence-corrected chi connectivity index (χ0v) is 6.18. The van der Waals surface area contributed by atoms with E-state index in [-0.39, 0.29) is 23.7 Å². The molecule has 1 aliphatic carbocycles. The molecular formula is C7H11NO2. The third-order valence-electron chi connectivity index (χ3n) is 1.92. The van der Waals surface area contributed by atoms with E-state index >= 15 is 0 Å². The van der Waals surface area contributed by atoms with Crippen LogP contribution in [0, 0.1) is 5.92 Å². The van der Waals surface area contributed by atoms with Crippen LogP contribution in [0.5, 0.6) is 0 Å². The van der Waals surface area contributed by atoms with Gasteiger partial charge in [-0.15, -0.1) is 0 Å². The van der Waals surface area contributed by atoms with Crippen LogP contribution in [0.15, 0.2) is 0 Å². The quantitative estimate of drug-likeness (QED) is 0.563. The molecule has 0 saturated heterocycles. The highest BCUT2D eigenvalue weighted by Crippen LogP contribution is 2.21. The first-order valence-corrected chi connectivity index (χ1v) is 3.41.